The summed E-state index contributed by atoms with van der Waals surface area (Å²) >= 11 is 0. The number of fused-ring (bicyclic) bond motifs is 1. The van der Waals surface area contributed by atoms with Gasteiger partial charge in [0.2, 0.25) is 5.91 Å². The predicted octanol–water partition coefficient (Wildman–Crippen LogP) is 2.34. The highest BCUT2D eigenvalue weighted by molar-refractivity contribution is 6.01. The predicted molar refractivity (Wildman–Crippen MR) is 79.5 cm³/mol. The van der Waals surface area contributed by atoms with E-state index in [4.69, 9.17) is 5.11 Å². The highest BCUT2D eigenvalue weighted by Crippen LogP contribution is 2.29. The fraction of sp³-hybridized carbons (Fsp3) is 0.125. The molecule has 1 amide bonds. The Morgan fingerprint density at radius 1 is 1.14 bits per heavy atom. The van der Waals surface area contributed by atoms with Crippen LogP contribution < -0.4 is 10.2 Å². The maximum absolute atomic E-state index is 11.7. The third kappa shape index (κ3) is 2.72. The van der Waals surface area contributed by atoms with Gasteiger partial charge in [0.1, 0.15) is 0 Å². The van der Waals surface area contributed by atoms with Gasteiger partial charge >= 0.3 is 5.97 Å². The van der Waals surface area contributed by atoms with Gasteiger partial charge in [-0.15, -0.1) is 0 Å². The Kier molecular flexibility index (Phi) is 3.31. The van der Waals surface area contributed by atoms with Crippen LogP contribution in [0.25, 0.3) is 0 Å². The van der Waals surface area contributed by atoms with Crippen LogP contribution in [-0.2, 0) is 11.3 Å². The highest BCUT2D eigenvalue weighted by Gasteiger charge is 2.21. The minimum Gasteiger partial charge on any atom is -0.478 e. The lowest BCUT2D eigenvalue weighted by Gasteiger charge is -2.30. The lowest BCUT2D eigenvalue weighted by atomic mass is 10.1. The molecular weight excluding hydrogens is 268 g/mol. The molecule has 5 heteroatoms. The number of para-hydroxylation sites is 2. The van der Waals surface area contributed by atoms with Gasteiger partial charge in [-0.3, -0.25) is 4.79 Å². The zero-order valence-corrected chi connectivity index (χ0v) is 11.2. The van der Waals surface area contributed by atoms with Gasteiger partial charge in [-0.05, 0) is 29.8 Å². The third-order valence-electron chi connectivity index (χ3n) is 3.43. The first kappa shape index (κ1) is 13.2. The van der Waals surface area contributed by atoms with Gasteiger partial charge in [0.25, 0.3) is 0 Å². The summed E-state index contributed by atoms with van der Waals surface area (Å²) in [5, 5.41) is 11.7. The molecule has 2 N–H and O–H groups in total. The Hall–Kier alpha value is -2.82. The van der Waals surface area contributed by atoms with Crippen molar-refractivity contribution in [2.75, 3.05) is 16.8 Å². The number of carboxylic acid groups (broad SMARTS) is 1. The Bertz CT molecular complexity index is 695. The average Bonchev–Trinajstić information content (AvgIpc) is 2.47. The lowest BCUT2D eigenvalue weighted by molar-refractivity contribution is -0.115. The van der Waals surface area contributed by atoms with Crippen molar-refractivity contribution in [3.63, 3.8) is 0 Å². The molecule has 1 aliphatic heterocycles. The van der Waals surface area contributed by atoms with Crippen LogP contribution in [0.15, 0.2) is 48.5 Å². The second-order valence-electron chi connectivity index (χ2n) is 4.92. The summed E-state index contributed by atoms with van der Waals surface area (Å²) < 4.78 is 0. The zero-order valence-electron chi connectivity index (χ0n) is 11.2. The largest absolute Gasteiger partial charge is 0.478 e. The molecule has 0 aromatic heterocycles. The SMILES string of the molecule is O=C1CN(Cc2ccc(C(=O)O)cc2)c2ccccc2N1. The van der Waals surface area contributed by atoms with Gasteiger partial charge in [-0.2, -0.15) is 0 Å². The van der Waals surface area contributed by atoms with E-state index in [2.05, 4.69) is 5.32 Å². The van der Waals surface area contributed by atoms with E-state index >= 15 is 0 Å². The maximum Gasteiger partial charge on any atom is 0.335 e. The molecule has 0 fully saturated rings. The maximum atomic E-state index is 11.7. The molecule has 1 heterocycles. The smallest absolute Gasteiger partial charge is 0.335 e. The van der Waals surface area contributed by atoms with Crippen molar-refractivity contribution in [3.8, 4) is 0 Å². The van der Waals surface area contributed by atoms with Crippen molar-refractivity contribution in [2.24, 2.45) is 0 Å². The Labute approximate surface area is 121 Å². The standard InChI is InChI=1S/C16H14N2O3/c19-15-10-18(14-4-2-1-3-13(14)17-15)9-11-5-7-12(8-6-11)16(20)21/h1-8H,9-10H2,(H,17,19)(H,20,21). The number of nitrogens with zero attached hydrogens (tertiary/aromatic N) is 1. The van der Waals surface area contributed by atoms with E-state index in [1.165, 1.54) is 0 Å². The van der Waals surface area contributed by atoms with Crippen molar-refractivity contribution >= 4 is 23.3 Å². The van der Waals surface area contributed by atoms with E-state index in [-0.39, 0.29) is 18.0 Å². The van der Waals surface area contributed by atoms with Crippen LogP contribution in [0.3, 0.4) is 0 Å². The van der Waals surface area contributed by atoms with Gasteiger partial charge in [0.05, 0.1) is 23.5 Å². The quantitative estimate of drug-likeness (QED) is 0.906. The Balaban J connectivity index is 1.84. The number of hydrogen-bond donors (Lipinski definition) is 2. The number of amides is 1. The number of aromatic carboxylic acids is 1. The molecule has 3 rings (SSSR count). The highest BCUT2D eigenvalue weighted by atomic mass is 16.4. The van der Waals surface area contributed by atoms with Crippen molar-refractivity contribution in [3.05, 3.63) is 59.7 Å². The van der Waals surface area contributed by atoms with Gasteiger partial charge in [0, 0.05) is 6.54 Å². The minimum atomic E-state index is -0.941. The van der Waals surface area contributed by atoms with Crippen LogP contribution in [0.5, 0.6) is 0 Å². The molecule has 0 unspecified atom stereocenters. The van der Waals surface area contributed by atoms with Gasteiger partial charge in [-0.25, -0.2) is 4.79 Å². The van der Waals surface area contributed by atoms with Crippen LogP contribution >= 0.6 is 0 Å². The van der Waals surface area contributed by atoms with E-state index in [9.17, 15) is 9.59 Å². The van der Waals surface area contributed by atoms with Crippen molar-refractivity contribution in [2.45, 2.75) is 6.54 Å². The molecule has 0 bridgehead atoms. The molecule has 2 aromatic carbocycles. The molecule has 0 radical (unpaired) electrons. The molecule has 0 saturated heterocycles. The van der Waals surface area contributed by atoms with Crippen molar-refractivity contribution in [1.29, 1.82) is 0 Å². The summed E-state index contributed by atoms with van der Waals surface area (Å²) in [6, 6.07) is 14.3. The summed E-state index contributed by atoms with van der Waals surface area (Å²) in [6.07, 6.45) is 0. The van der Waals surface area contributed by atoms with Crippen LogP contribution in [0.1, 0.15) is 15.9 Å². The molecule has 5 nitrogen and oxygen atoms in total. The molecule has 2 aromatic rings. The molecule has 21 heavy (non-hydrogen) atoms. The first-order valence-corrected chi connectivity index (χ1v) is 6.59. The fourth-order valence-electron chi connectivity index (χ4n) is 2.42. The average molecular weight is 282 g/mol. The van der Waals surface area contributed by atoms with Gasteiger partial charge < -0.3 is 15.3 Å². The first-order valence-electron chi connectivity index (χ1n) is 6.59. The third-order valence-corrected chi connectivity index (χ3v) is 3.43. The van der Waals surface area contributed by atoms with Gasteiger partial charge in [-0.1, -0.05) is 24.3 Å². The monoisotopic (exact) mass is 282 g/mol. The van der Waals surface area contributed by atoms with Crippen LogP contribution in [0, 0.1) is 0 Å². The van der Waals surface area contributed by atoms with Crippen LogP contribution in [0.2, 0.25) is 0 Å². The topological polar surface area (TPSA) is 69.6 Å². The van der Waals surface area contributed by atoms with Gasteiger partial charge in [0.15, 0.2) is 0 Å². The fourth-order valence-corrected chi connectivity index (χ4v) is 2.42. The summed E-state index contributed by atoms with van der Waals surface area (Å²) in [6.45, 7) is 0.849. The summed E-state index contributed by atoms with van der Waals surface area (Å²) in [7, 11) is 0. The van der Waals surface area contributed by atoms with Crippen LogP contribution in [-0.4, -0.2) is 23.5 Å². The number of carboxylic acids is 1. The first-order chi connectivity index (χ1) is 10.1. The van der Waals surface area contributed by atoms with E-state index in [0.717, 1.165) is 16.9 Å². The van der Waals surface area contributed by atoms with Crippen molar-refractivity contribution in [1.82, 2.24) is 0 Å². The summed E-state index contributed by atoms with van der Waals surface area (Å²) in [4.78, 5) is 24.6. The summed E-state index contributed by atoms with van der Waals surface area (Å²) in [5.41, 5.74) is 3.00. The van der Waals surface area contributed by atoms with Crippen LogP contribution in [0.4, 0.5) is 11.4 Å². The van der Waals surface area contributed by atoms with E-state index in [1.807, 2.05) is 29.2 Å². The number of carbonyl (C=O) groups is 2. The molecule has 0 atom stereocenters. The second-order valence-corrected chi connectivity index (χ2v) is 4.92. The van der Waals surface area contributed by atoms with E-state index in [0.29, 0.717) is 6.54 Å². The Morgan fingerprint density at radius 3 is 2.57 bits per heavy atom. The number of carbonyl (C=O) groups excluding carboxylic acids is 1. The number of benzene rings is 2. The van der Waals surface area contributed by atoms with Crippen molar-refractivity contribution < 1.29 is 14.7 Å². The summed E-state index contributed by atoms with van der Waals surface area (Å²) in [5.74, 6) is -0.986. The molecule has 106 valence electrons. The molecule has 1 aliphatic rings. The van der Waals surface area contributed by atoms with E-state index < -0.39 is 5.97 Å². The molecule has 0 saturated carbocycles. The second kappa shape index (κ2) is 5.28. The molecule has 0 spiro atoms. The minimum absolute atomic E-state index is 0.0455. The zero-order chi connectivity index (χ0) is 14.8. The number of rotatable bonds is 3. The number of nitrogens with one attached hydrogen (secondary N) is 1. The number of hydrogen-bond acceptors (Lipinski definition) is 3. The normalized spacial score (nSPS) is 13.5. The number of anilines is 2. The van der Waals surface area contributed by atoms with E-state index in [1.54, 1.807) is 24.3 Å². The molecular formula is C16H14N2O3. The molecule has 0 aliphatic carbocycles. The lowest BCUT2D eigenvalue weighted by Crippen LogP contribution is -2.37. The Morgan fingerprint density at radius 2 is 1.86 bits per heavy atom.